The fourth-order valence-corrected chi connectivity index (χ4v) is 2.85. The van der Waals surface area contributed by atoms with Crippen molar-refractivity contribution in [2.24, 2.45) is 5.92 Å². The van der Waals surface area contributed by atoms with Gasteiger partial charge >= 0.3 is 0 Å². The van der Waals surface area contributed by atoms with Crippen LogP contribution >= 0.6 is 0 Å². The first-order valence-corrected chi connectivity index (χ1v) is 8.69. The molecule has 6 nitrogen and oxygen atoms in total. The highest BCUT2D eigenvalue weighted by molar-refractivity contribution is 7.88. The minimum atomic E-state index is -3.19. The van der Waals surface area contributed by atoms with E-state index in [0.717, 1.165) is 31.9 Å². The number of carbonyl (C=O) groups is 1. The predicted molar refractivity (Wildman–Crippen MR) is 71.1 cm³/mol. The first-order valence-electron chi connectivity index (χ1n) is 6.80. The van der Waals surface area contributed by atoms with Crippen molar-refractivity contribution in [2.75, 3.05) is 32.6 Å². The van der Waals surface area contributed by atoms with Gasteiger partial charge in [0, 0.05) is 38.3 Å². The minimum absolute atomic E-state index is 0.168. The highest BCUT2D eigenvalue weighted by Crippen LogP contribution is 2.32. The number of hydrogen-bond donors (Lipinski definition) is 1. The number of nitrogens with zero attached hydrogens (tertiary/aromatic N) is 1. The average molecular weight is 290 g/mol. The van der Waals surface area contributed by atoms with E-state index in [4.69, 9.17) is 4.74 Å². The molecule has 0 spiro atoms. The smallest absolute Gasteiger partial charge is 0.225 e. The van der Waals surface area contributed by atoms with E-state index in [2.05, 4.69) is 4.72 Å². The number of nitrogens with one attached hydrogen (secondary N) is 1. The lowest BCUT2D eigenvalue weighted by atomic mass is 10.1. The minimum Gasteiger partial charge on any atom is -0.381 e. The normalized spacial score (nSPS) is 21.3. The van der Waals surface area contributed by atoms with E-state index in [1.165, 1.54) is 0 Å². The Kier molecular flexibility index (Phi) is 4.81. The van der Waals surface area contributed by atoms with Gasteiger partial charge in [0.25, 0.3) is 0 Å². The van der Waals surface area contributed by atoms with Crippen molar-refractivity contribution in [3.8, 4) is 0 Å². The molecule has 1 aliphatic heterocycles. The highest BCUT2D eigenvalue weighted by Gasteiger charge is 2.36. The maximum Gasteiger partial charge on any atom is 0.225 e. The molecular weight excluding hydrogens is 268 g/mol. The maximum absolute atomic E-state index is 12.3. The third-order valence-corrected chi connectivity index (χ3v) is 4.29. The van der Waals surface area contributed by atoms with E-state index in [1.807, 2.05) is 4.90 Å². The zero-order valence-electron chi connectivity index (χ0n) is 11.3. The van der Waals surface area contributed by atoms with Gasteiger partial charge in [0.05, 0.1) is 6.26 Å². The molecule has 110 valence electrons. The topological polar surface area (TPSA) is 75.7 Å². The number of carbonyl (C=O) groups excluding carboxylic acids is 1. The van der Waals surface area contributed by atoms with Crippen LogP contribution in [0.4, 0.5) is 0 Å². The summed E-state index contributed by atoms with van der Waals surface area (Å²) in [5.74, 6) is 0.350. The van der Waals surface area contributed by atoms with Crippen molar-refractivity contribution >= 4 is 15.9 Å². The monoisotopic (exact) mass is 290 g/mol. The van der Waals surface area contributed by atoms with Gasteiger partial charge in [-0.2, -0.15) is 0 Å². The lowest BCUT2D eigenvalue weighted by molar-refractivity contribution is -0.136. The molecule has 1 amide bonds. The van der Waals surface area contributed by atoms with Crippen LogP contribution in [0.3, 0.4) is 0 Å². The van der Waals surface area contributed by atoms with Gasteiger partial charge < -0.3 is 9.64 Å². The Hall–Kier alpha value is -0.660. The quantitative estimate of drug-likeness (QED) is 0.744. The van der Waals surface area contributed by atoms with Crippen LogP contribution in [-0.2, 0) is 19.6 Å². The van der Waals surface area contributed by atoms with E-state index in [0.29, 0.717) is 19.8 Å². The summed E-state index contributed by atoms with van der Waals surface area (Å²) in [7, 11) is -3.19. The molecule has 2 fully saturated rings. The fourth-order valence-electron chi connectivity index (χ4n) is 2.39. The Morgan fingerprint density at radius 1 is 1.26 bits per heavy atom. The van der Waals surface area contributed by atoms with Crippen molar-refractivity contribution in [1.82, 2.24) is 9.62 Å². The van der Waals surface area contributed by atoms with Crippen LogP contribution in [0.1, 0.15) is 25.7 Å². The average Bonchev–Trinajstić information content (AvgIpc) is 3.18. The number of sulfonamides is 1. The third kappa shape index (κ3) is 4.74. The molecule has 0 bridgehead atoms. The van der Waals surface area contributed by atoms with Crippen LogP contribution in [-0.4, -0.2) is 57.8 Å². The Morgan fingerprint density at radius 2 is 1.89 bits per heavy atom. The number of rotatable bonds is 6. The lowest BCUT2D eigenvalue weighted by Crippen LogP contribution is -2.47. The van der Waals surface area contributed by atoms with E-state index in [-0.39, 0.29) is 24.4 Å². The van der Waals surface area contributed by atoms with Gasteiger partial charge in [0.1, 0.15) is 0 Å². The molecule has 0 radical (unpaired) electrons. The second-order valence-corrected chi connectivity index (χ2v) is 7.15. The summed E-state index contributed by atoms with van der Waals surface area (Å²) in [6, 6.07) is 0.197. The maximum atomic E-state index is 12.3. The van der Waals surface area contributed by atoms with Crippen molar-refractivity contribution < 1.29 is 17.9 Å². The largest absolute Gasteiger partial charge is 0.381 e. The zero-order chi connectivity index (χ0) is 13.9. The molecule has 2 rings (SSSR count). The summed E-state index contributed by atoms with van der Waals surface area (Å²) in [6.45, 7) is 2.10. The van der Waals surface area contributed by atoms with Crippen LogP contribution in [0.15, 0.2) is 0 Å². The molecular formula is C12H22N2O4S. The van der Waals surface area contributed by atoms with Gasteiger partial charge in [-0.15, -0.1) is 0 Å². The summed E-state index contributed by atoms with van der Waals surface area (Å²) >= 11 is 0. The SMILES string of the molecule is CS(=O)(=O)NCCN(C(=O)C1CC1)C1CCOCC1. The Labute approximate surface area is 114 Å². The van der Waals surface area contributed by atoms with Crippen molar-refractivity contribution in [3.05, 3.63) is 0 Å². The second-order valence-electron chi connectivity index (χ2n) is 5.32. The van der Waals surface area contributed by atoms with Crippen LogP contribution in [0.5, 0.6) is 0 Å². The second kappa shape index (κ2) is 6.19. The molecule has 0 atom stereocenters. The molecule has 1 aliphatic carbocycles. The fraction of sp³-hybridized carbons (Fsp3) is 0.917. The molecule has 1 N–H and O–H groups in total. The standard InChI is InChI=1S/C12H22N2O4S/c1-19(16,17)13-6-7-14(12(15)10-2-3-10)11-4-8-18-9-5-11/h10-11,13H,2-9H2,1H3. The molecule has 0 aromatic heterocycles. The Bertz CT molecular complexity index is 413. The van der Waals surface area contributed by atoms with Gasteiger partial charge in [0.2, 0.25) is 15.9 Å². The van der Waals surface area contributed by atoms with E-state index < -0.39 is 10.0 Å². The molecule has 0 unspecified atom stereocenters. The highest BCUT2D eigenvalue weighted by atomic mass is 32.2. The Balaban J connectivity index is 1.91. The summed E-state index contributed by atoms with van der Waals surface area (Å²) < 4.78 is 29.9. The molecule has 19 heavy (non-hydrogen) atoms. The first kappa shape index (κ1) is 14.7. The Morgan fingerprint density at radius 3 is 2.42 bits per heavy atom. The van der Waals surface area contributed by atoms with E-state index in [1.54, 1.807) is 0 Å². The molecule has 0 aromatic rings. The molecule has 2 aliphatic rings. The van der Waals surface area contributed by atoms with Crippen molar-refractivity contribution in [1.29, 1.82) is 0 Å². The van der Waals surface area contributed by atoms with Crippen LogP contribution in [0.25, 0.3) is 0 Å². The molecule has 0 aromatic carbocycles. The van der Waals surface area contributed by atoms with Crippen LogP contribution in [0, 0.1) is 5.92 Å². The summed E-state index contributed by atoms with van der Waals surface area (Å²) in [4.78, 5) is 14.1. The summed E-state index contributed by atoms with van der Waals surface area (Å²) in [5.41, 5.74) is 0. The van der Waals surface area contributed by atoms with Gasteiger partial charge in [-0.1, -0.05) is 0 Å². The molecule has 1 saturated carbocycles. The van der Waals surface area contributed by atoms with Gasteiger partial charge in [0.15, 0.2) is 0 Å². The van der Waals surface area contributed by atoms with Gasteiger partial charge in [-0.05, 0) is 25.7 Å². The van der Waals surface area contributed by atoms with Gasteiger partial charge in [-0.25, -0.2) is 13.1 Å². The van der Waals surface area contributed by atoms with E-state index >= 15 is 0 Å². The van der Waals surface area contributed by atoms with Crippen molar-refractivity contribution in [2.45, 2.75) is 31.7 Å². The summed E-state index contributed by atoms with van der Waals surface area (Å²) in [6.07, 6.45) is 4.76. The predicted octanol–water partition coefficient (Wildman–Crippen LogP) is -0.0468. The van der Waals surface area contributed by atoms with Gasteiger partial charge in [-0.3, -0.25) is 4.79 Å². The molecule has 1 saturated heterocycles. The molecule has 7 heteroatoms. The molecule has 1 heterocycles. The third-order valence-electron chi connectivity index (χ3n) is 3.56. The number of amides is 1. The van der Waals surface area contributed by atoms with Crippen molar-refractivity contribution in [3.63, 3.8) is 0 Å². The number of ether oxygens (including phenoxy) is 1. The summed E-state index contributed by atoms with van der Waals surface area (Å²) in [5, 5.41) is 0. The number of hydrogen-bond acceptors (Lipinski definition) is 4. The van der Waals surface area contributed by atoms with E-state index in [9.17, 15) is 13.2 Å². The van der Waals surface area contributed by atoms with Crippen LogP contribution < -0.4 is 4.72 Å². The zero-order valence-corrected chi connectivity index (χ0v) is 12.1. The lowest BCUT2D eigenvalue weighted by Gasteiger charge is -2.34. The first-order chi connectivity index (χ1) is 8.97. The van der Waals surface area contributed by atoms with Crippen LogP contribution in [0.2, 0.25) is 0 Å².